The maximum atomic E-state index is 12.4. The Labute approximate surface area is 106 Å². The quantitative estimate of drug-likeness (QED) is 0.755. The van der Waals surface area contributed by atoms with Gasteiger partial charge in [-0.25, -0.2) is 0 Å². The van der Waals surface area contributed by atoms with Gasteiger partial charge in [0, 0.05) is 13.0 Å². The van der Waals surface area contributed by atoms with Crippen LogP contribution in [0.25, 0.3) is 0 Å². The third-order valence-electron chi connectivity index (χ3n) is 3.92. The molecule has 0 saturated heterocycles. The highest BCUT2D eigenvalue weighted by Crippen LogP contribution is 2.36. The Hall–Kier alpha value is -1.84. The number of hydrogen-bond donors (Lipinski definition) is 0. The van der Waals surface area contributed by atoms with E-state index >= 15 is 0 Å². The Morgan fingerprint density at radius 2 is 1.89 bits per heavy atom. The van der Waals surface area contributed by atoms with Gasteiger partial charge in [-0.3, -0.25) is 9.59 Å². The second-order valence-corrected chi connectivity index (χ2v) is 4.99. The van der Waals surface area contributed by atoms with Crippen LogP contribution < -0.4 is 9.80 Å². The molecule has 2 aliphatic rings. The first-order valence-electron chi connectivity index (χ1n) is 6.35. The molecule has 0 aromatic heterocycles. The topological polar surface area (TPSA) is 40.6 Å². The molecule has 0 atom stereocenters. The number of fused-ring (bicyclic) bond motifs is 1. The summed E-state index contributed by atoms with van der Waals surface area (Å²) in [5, 5.41) is 0. The minimum Gasteiger partial charge on any atom is -0.312 e. The number of likely N-dealkylation sites (N-methyl/N-ethyl adjacent to an activating group) is 1. The summed E-state index contributed by atoms with van der Waals surface area (Å²) < 4.78 is 0. The molecule has 0 bridgehead atoms. The molecule has 3 rings (SSSR count). The normalized spacial score (nSPS) is 19.5. The highest BCUT2D eigenvalue weighted by atomic mass is 16.2. The first-order valence-corrected chi connectivity index (χ1v) is 6.35. The van der Waals surface area contributed by atoms with Crippen LogP contribution in [0.1, 0.15) is 19.3 Å². The van der Waals surface area contributed by atoms with Crippen molar-refractivity contribution in [2.45, 2.75) is 19.3 Å². The van der Waals surface area contributed by atoms with E-state index in [0.717, 1.165) is 30.6 Å². The molecule has 0 unspecified atom stereocenters. The zero-order chi connectivity index (χ0) is 12.7. The van der Waals surface area contributed by atoms with Gasteiger partial charge in [0.05, 0.1) is 11.4 Å². The van der Waals surface area contributed by atoms with Gasteiger partial charge < -0.3 is 9.80 Å². The number of benzene rings is 1. The van der Waals surface area contributed by atoms with Gasteiger partial charge in [-0.05, 0) is 25.0 Å². The van der Waals surface area contributed by atoms with Gasteiger partial charge in [0.25, 0.3) is 0 Å². The minimum absolute atomic E-state index is 0.0265. The number of amides is 2. The molecule has 0 spiro atoms. The Morgan fingerprint density at radius 3 is 2.50 bits per heavy atom. The van der Waals surface area contributed by atoms with Crippen molar-refractivity contribution in [2.75, 3.05) is 23.4 Å². The fourth-order valence-corrected chi connectivity index (χ4v) is 2.51. The van der Waals surface area contributed by atoms with Crippen molar-refractivity contribution in [3.05, 3.63) is 24.3 Å². The van der Waals surface area contributed by atoms with E-state index < -0.39 is 0 Å². The summed E-state index contributed by atoms with van der Waals surface area (Å²) in [4.78, 5) is 27.6. The third kappa shape index (κ3) is 1.60. The lowest BCUT2D eigenvalue weighted by Gasteiger charge is -2.37. The van der Waals surface area contributed by atoms with Gasteiger partial charge >= 0.3 is 0 Å². The predicted molar refractivity (Wildman–Crippen MR) is 69.5 cm³/mol. The monoisotopic (exact) mass is 244 g/mol. The van der Waals surface area contributed by atoms with Crippen LogP contribution in [0.2, 0.25) is 0 Å². The fraction of sp³-hybridized carbons (Fsp3) is 0.429. The summed E-state index contributed by atoms with van der Waals surface area (Å²) in [5.41, 5.74) is 1.68. The summed E-state index contributed by atoms with van der Waals surface area (Å²) in [6.07, 6.45) is 3.04. The Bertz CT molecular complexity index is 508. The van der Waals surface area contributed by atoms with Crippen LogP contribution in [-0.2, 0) is 9.59 Å². The molecule has 0 radical (unpaired) electrons. The lowest BCUT2D eigenvalue weighted by molar-refractivity contribution is -0.127. The molecule has 1 aromatic rings. The first kappa shape index (κ1) is 11.3. The van der Waals surface area contributed by atoms with E-state index in [2.05, 4.69) is 0 Å². The fourth-order valence-electron chi connectivity index (χ4n) is 2.51. The molecule has 1 saturated carbocycles. The molecular formula is C14H16N2O2. The van der Waals surface area contributed by atoms with Crippen molar-refractivity contribution in [3.63, 3.8) is 0 Å². The zero-order valence-corrected chi connectivity index (χ0v) is 10.4. The molecule has 1 aromatic carbocycles. The second-order valence-electron chi connectivity index (χ2n) is 4.99. The maximum Gasteiger partial charge on any atom is 0.246 e. The average Bonchev–Trinajstić information content (AvgIpc) is 2.31. The van der Waals surface area contributed by atoms with Gasteiger partial charge in [-0.1, -0.05) is 18.6 Å². The molecular weight excluding hydrogens is 228 g/mol. The van der Waals surface area contributed by atoms with Crippen LogP contribution in [0.5, 0.6) is 0 Å². The van der Waals surface area contributed by atoms with Crippen LogP contribution >= 0.6 is 0 Å². The Balaban J connectivity index is 1.98. The van der Waals surface area contributed by atoms with Crippen molar-refractivity contribution < 1.29 is 9.59 Å². The van der Waals surface area contributed by atoms with Crippen molar-refractivity contribution in [2.24, 2.45) is 5.92 Å². The second kappa shape index (κ2) is 4.12. The van der Waals surface area contributed by atoms with Gasteiger partial charge in [0.2, 0.25) is 11.8 Å². The molecule has 1 aliphatic heterocycles. The standard InChI is InChI=1S/C14H16N2O2/c1-15-11-7-2-3-8-12(11)16(9-13(15)17)14(18)10-5-4-6-10/h2-3,7-8,10H,4-6,9H2,1H3. The predicted octanol–water partition coefficient (Wildman–Crippen LogP) is 1.80. The average molecular weight is 244 g/mol. The van der Waals surface area contributed by atoms with Crippen molar-refractivity contribution in [1.82, 2.24) is 0 Å². The van der Waals surface area contributed by atoms with Crippen LogP contribution in [0.3, 0.4) is 0 Å². The van der Waals surface area contributed by atoms with E-state index in [1.807, 2.05) is 24.3 Å². The number of carbonyl (C=O) groups is 2. The summed E-state index contributed by atoms with van der Waals surface area (Å²) in [7, 11) is 1.76. The summed E-state index contributed by atoms with van der Waals surface area (Å²) in [5.74, 6) is 0.200. The van der Waals surface area contributed by atoms with Gasteiger partial charge in [-0.15, -0.1) is 0 Å². The number of nitrogens with zero attached hydrogens (tertiary/aromatic N) is 2. The smallest absolute Gasteiger partial charge is 0.246 e. The molecule has 94 valence electrons. The van der Waals surface area contributed by atoms with Crippen molar-refractivity contribution in [3.8, 4) is 0 Å². The van der Waals surface area contributed by atoms with Crippen LogP contribution in [0.15, 0.2) is 24.3 Å². The molecule has 0 N–H and O–H groups in total. The van der Waals surface area contributed by atoms with Crippen LogP contribution in [-0.4, -0.2) is 25.4 Å². The Kier molecular flexibility index (Phi) is 2.58. The van der Waals surface area contributed by atoms with E-state index in [-0.39, 0.29) is 24.3 Å². The Morgan fingerprint density at radius 1 is 1.22 bits per heavy atom. The lowest BCUT2D eigenvalue weighted by atomic mass is 9.84. The van der Waals surface area contributed by atoms with Crippen molar-refractivity contribution >= 4 is 23.2 Å². The molecule has 1 aliphatic carbocycles. The lowest BCUT2D eigenvalue weighted by Crippen LogP contribution is -2.49. The van der Waals surface area contributed by atoms with E-state index in [1.54, 1.807) is 16.8 Å². The SMILES string of the molecule is CN1C(=O)CN(C(=O)C2CCC2)c2ccccc21. The highest BCUT2D eigenvalue weighted by Gasteiger charge is 2.35. The summed E-state index contributed by atoms with van der Waals surface area (Å²) >= 11 is 0. The maximum absolute atomic E-state index is 12.4. The summed E-state index contributed by atoms with van der Waals surface area (Å²) in [6, 6.07) is 7.59. The van der Waals surface area contributed by atoms with Crippen LogP contribution in [0.4, 0.5) is 11.4 Å². The largest absolute Gasteiger partial charge is 0.312 e. The number of para-hydroxylation sites is 2. The summed E-state index contributed by atoms with van der Waals surface area (Å²) in [6.45, 7) is 0.169. The molecule has 18 heavy (non-hydrogen) atoms. The van der Waals surface area contributed by atoms with E-state index in [1.165, 1.54) is 0 Å². The molecule has 1 heterocycles. The van der Waals surface area contributed by atoms with Crippen LogP contribution in [0, 0.1) is 5.92 Å². The highest BCUT2D eigenvalue weighted by molar-refractivity contribution is 6.11. The molecule has 4 nitrogen and oxygen atoms in total. The van der Waals surface area contributed by atoms with Gasteiger partial charge in [0.15, 0.2) is 0 Å². The minimum atomic E-state index is -0.0265. The number of hydrogen-bond acceptors (Lipinski definition) is 2. The number of rotatable bonds is 1. The van der Waals surface area contributed by atoms with Gasteiger partial charge in [0.1, 0.15) is 6.54 Å². The zero-order valence-electron chi connectivity index (χ0n) is 10.4. The first-order chi connectivity index (χ1) is 8.68. The van der Waals surface area contributed by atoms with Gasteiger partial charge in [-0.2, -0.15) is 0 Å². The number of carbonyl (C=O) groups excluding carboxylic acids is 2. The van der Waals surface area contributed by atoms with Crippen molar-refractivity contribution in [1.29, 1.82) is 0 Å². The molecule has 2 amide bonds. The van der Waals surface area contributed by atoms with E-state index in [9.17, 15) is 9.59 Å². The van der Waals surface area contributed by atoms with E-state index in [0.29, 0.717) is 0 Å². The molecule has 4 heteroatoms. The third-order valence-corrected chi connectivity index (χ3v) is 3.92. The molecule has 1 fully saturated rings. The van der Waals surface area contributed by atoms with E-state index in [4.69, 9.17) is 0 Å². The number of anilines is 2.